The van der Waals surface area contributed by atoms with Crippen molar-refractivity contribution in [1.29, 1.82) is 0 Å². The fraction of sp³-hybridized carbons (Fsp3) is 0.350. The maximum atomic E-state index is 12.6. The lowest BCUT2D eigenvalue weighted by Gasteiger charge is -2.31. The molecule has 0 saturated carbocycles. The molecule has 1 aliphatic rings. The Bertz CT molecular complexity index is 934. The van der Waals surface area contributed by atoms with E-state index in [1.807, 2.05) is 24.3 Å². The molecule has 1 amide bonds. The molecule has 28 heavy (non-hydrogen) atoms. The van der Waals surface area contributed by atoms with E-state index >= 15 is 0 Å². The Kier molecular flexibility index (Phi) is 6.02. The predicted molar refractivity (Wildman–Crippen MR) is 111 cm³/mol. The molecule has 0 bridgehead atoms. The molecule has 2 aromatic rings. The molecule has 0 radical (unpaired) electrons. The van der Waals surface area contributed by atoms with Gasteiger partial charge < -0.3 is 15.1 Å². The van der Waals surface area contributed by atoms with Crippen LogP contribution in [0.3, 0.4) is 0 Å². The van der Waals surface area contributed by atoms with E-state index in [0.717, 1.165) is 36.2 Å². The maximum absolute atomic E-state index is 12.6. The molecular formula is C20H27N4O3S+. The van der Waals surface area contributed by atoms with Crippen molar-refractivity contribution in [3.63, 3.8) is 0 Å². The SMILES string of the molecule is CN(C)S(=O)(=O)c1cccc(C(=O)Nc2ccc(N3CC[NH+](C)CC3)cc2)c1. The largest absolute Gasteiger partial charge is 0.360 e. The molecule has 2 N–H and O–H groups in total. The normalized spacial score (nSPS) is 15.6. The highest BCUT2D eigenvalue weighted by atomic mass is 32.2. The van der Waals surface area contributed by atoms with Crippen LogP contribution >= 0.6 is 0 Å². The molecule has 0 aliphatic carbocycles. The molecule has 0 aromatic heterocycles. The summed E-state index contributed by atoms with van der Waals surface area (Å²) in [7, 11) is 1.55. The number of quaternary nitrogens is 1. The van der Waals surface area contributed by atoms with Gasteiger partial charge in [-0.25, -0.2) is 12.7 Å². The molecule has 8 heteroatoms. The van der Waals surface area contributed by atoms with Gasteiger partial charge in [0.2, 0.25) is 10.0 Å². The topological polar surface area (TPSA) is 74.2 Å². The van der Waals surface area contributed by atoms with Gasteiger partial charge in [-0.15, -0.1) is 0 Å². The zero-order valence-corrected chi connectivity index (χ0v) is 17.3. The number of carbonyl (C=O) groups is 1. The third-order valence-corrected chi connectivity index (χ3v) is 6.79. The van der Waals surface area contributed by atoms with Crippen LogP contribution in [0.2, 0.25) is 0 Å². The van der Waals surface area contributed by atoms with Gasteiger partial charge >= 0.3 is 0 Å². The van der Waals surface area contributed by atoms with Crippen LogP contribution in [0.4, 0.5) is 11.4 Å². The average Bonchev–Trinajstić information content (AvgIpc) is 2.69. The quantitative estimate of drug-likeness (QED) is 0.764. The molecule has 1 fully saturated rings. The number of likely N-dealkylation sites (N-methyl/N-ethyl adjacent to an activating group) is 1. The summed E-state index contributed by atoms with van der Waals surface area (Å²) in [6.07, 6.45) is 0. The van der Waals surface area contributed by atoms with Gasteiger partial charge in [0.1, 0.15) is 0 Å². The first-order valence-electron chi connectivity index (χ1n) is 9.27. The van der Waals surface area contributed by atoms with Crippen molar-refractivity contribution >= 4 is 27.3 Å². The highest BCUT2D eigenvalue weighted by Crippen LogP contribution is 2.20. The molecule has 0 unspecified atom stereocenters. The number of nitrogens with zero attached hydrogens (tertiary/aromatic N) is 2. The van der Waals surface area contributed by atoms with Gasteiger partial charge in [0.05, 0.1) is 38.1 Å². The number of nitrogens with one attached hydrogen (secondary N) is 2. The molecule has 2 aromatic carbocycles. The van der Waals surface area contributed by atoms with Gasteiger partial charge in [-0.2, -0.15) is 0 Å². The van der Waals surface area contributed by atoms with Crippen molar-refractivity contribution in [3.05, 3.63) is 54.1 Å². The minimum absolute atomic E-state index is 0.0951. The highest BCUT2D eigenvalue weighted by molar-refractivity contribution is 7.89. The number of carbonyl (C=O) groups excluding carboxylic acids is 1. The number of hydrogen-bond acceptors (Lipinski definition) is 4. The van der Waals surface area contributed by atoms with Crippen molar-refractivity contribution in [3.8, 4) is 0 Å². The highest BCUT2D eigenvalue weighted by Gasteiger charge is 2.19. The molecule has 3 rings (SSSR count). The van der Waals surface area contributed by atoms with E-state index in [1.165, 1.54) is 26.2 Å². The van der Waals surface area contributed by atoms with Gasteiger partial charge in [-0.3, -0.25) is 4.79 Å². The monoisotopic (exact) mass is 403 g/mol. The van der Waals surface area contributed by atoms with Gasteiger partial charge in [0, 0.05) is 31.0 Å². The van der Waals surface area contributed by atoms with Crippen molar-refractivity contribution in [2.45, 2.75) is 4.90 Å². The summed E-state index contributed by atoms with van der Waals surface area (Å²) in [5.41, 5.74) is 2.12. The Balaban J connectivity index is 1.70. The van der Waals surface area contributed by atoms with E-state index in [9.17, 15) is 13.2 Å². The Morgan fingerprint density at radius 1 is 1.07 bits per heavy atom. The Morgan fingerprint density at radius 2 is 1.71 bits per heavy atom. The number of benzene rings is 2. The van der Waals surface area contributed by atoms with Gasteiger partial charge in [-0.05, 0) is 42.5 Å². The molecule has 1 saturated heterocycles. The van der Waals surface area contributed by atoms with E-state index in [0.29, 0.717) is 11.3 Å². The molecule has 0 spiro atoms. The van der Waals surface area contributed by atoms with Crippen LogP contribution in [-0.2, 0) is 10.0 Å². The van der Waals surface area contributed by atoms with Crippen LogP contribution in [0.5, 0.6) is 0 Å². The predicted octanol–water partition coefficient (Wildman–Crippen LogP) is 0.524. The van der Waals surface area contributed by atoms with Crippen molar-refractivity contribution < 1.29 is 18.1 Å². The molecule has 1 aliphatic heterocycles. The summed E-state index contributed by atoms with van der Waals surface area (Å²) in [6, 6.07) is 13.8. The van der Waals surface area contributed by atoms with Gasteiger partial charge in [-0.1, -0.05) is 6.07 Å². The summed E-state index contributed by atoms with van der Waals surface area (Å²) in [5.74, 6) is -0.341. The molecule has 7 nitrogen and oxygen atoms in total. The van der Waals surface area contributed by atoms with E-state index in [-0.39, 0.29) is 10.8 Å². The second-order valence-electron chi connectivity index (χ2n) is 7.26. The smallest absolute Gasteiger partial charge is 0.255 e. The number of piperazine rings is 1. The fourth-order valence-corrected chi connectivity index (χ4v) is 4.06. The third kappa shape index (κ3) is 4.52. The molecular weight excluding hydrogens is 376 g/mol. The van der Waals surface area contributed by atoms with E-state index in [2.05, 4.69) is 17.3 Å². The lowest BCUT2D eigenvalue weighted by molar-refractivity contribution is -0.880. The van der Waals surface area contributed by atoms with Crippen molar-refractivity contribution in [2.24, 2.45) is 0 Å². The van der Waals surface area contributed by atoms with Crippen LogP contribution in [-0.4, -0.2) is 66.0 Å². The van der Waals surface area contributed by atoms with Crippen LogP contribution in [0.25, 0.3) is 0 Å². The van der Waals surface area contributed by atoms with Gasteiger partial charge in [0.15, 0.2) is 0 Å². The second-order valence-corrected chi connectivity index (χ2v) is 9.41. The zero-order chi connectivity index (χ0) is 20.3. The van der Waals surface area contributed by atoms with Crippen LogP contribution in [0.1, 0.15) is 10.4 Å². The molecule has 150 valence electrons. The van der Waals surface area contributed by atoms with E-state index < -0.39 is 10.0 Å². The summed E-state index contributed by atoms with van der Waals surface area (Å²) < 4.78 is 25.7. The molecule has 0 atom stereocenters. The summed E-state index contributed by atoms with van der Waals surface area (Å²) >= 11 is 0. The second kappa shape index (κ2) is 8.30. The number of amides is 1. The standard InChI is InChI=1S/C20H26N4O3S/c1-22(2)28(26,27)19-6-4-5-16(15-19)20(25)21-17-7-9-18(10-8-17)24-13-11-23(3)12-14-24/h4-10,15H,11-14H2,1-3H3,(H,21,25)/p+1. The number of rotatable bonds is 5. The third-order valence-electron chi connectivity index (χ3n) is 4.98. The zero-order valence-electron chi connectivity index (χ0n) is 16.5. The van der Waals surface area contributed by atoms with Crippen LogP contribution in [0.15, 0.2) is 53.4 Å². The average molecular weight is 404 g/mol. The van der Waals surface area contributed by atoms with Crippen LogP contribution in [0, 0.1) is 0 Å². The Labute approximate surface area is 166 Å². The summed E-state index contributed by atoms with van der Waals surface area (Å²) in [5, 5.41) is 2.83. The fourth-order valence-electron chi connectivity index (χ4n) is 3.11. The minimum atomic E-state index is -3.58. The van der Waals surface area contributed by atoms with Gasteiger partial charge in [0.25, 0.3) is 5.91 Å². The lowest BCUT2D eigenvalue weighted by atomic mass is 10.2. The van der Waals surface area contributed by atoms with E-state index in [1.54, 1.807) is 17.0 Å². The summed E-state index contributed by atoms with van der Waals surface area (Å²) in [6.45, 7) is 4.27. The summed E-state index contributed by atoms with van der Waals surface area (Å²) in [4.78, 5) is 16.5. The first-order valence-corrected chi connectivity index (χ1v) is 10.7. The number of anilines is 2. The van der Waals surface area contributed by atoms with Crippen molar-refractivity contribution in [2.75, 3.05) is 57.5 Å². The first kappa shape index (κ1) is 20.3. The Hall–Kier alpha value is -2.42. The number of hydrogen-bond donors (Lipinski definition) is 2. The van der Waals surface area contributed by atoms with Crippen LogP contribution < -0.4 is 15.1 Å². The van der Waals surface area contributed by atoms with E-state index in [4.69, 9.17) is 0 Å². The minimum Gasteiger partial charge on any atom is -0.360 e. The Morgan fingerprint density at radius 3 is 2.32 bits per heavy atom. The van der Waals surface area contributed by atoms with Crippen molar-refractivity contribution in [1.82, 2.24) is 4.31 Å². The first-order chi connectivity index (χ1) is 13.3. The lowest BCUT2D eigenvalue weighted by Crippen LogP contribution is -3.12. The molecule has 1 heterocycles. The maximum Gasteiger partial charge on any atom is 0.255 e. The number of sulfonamides is 1.